The van der Waals surface area contributed by atoms with E-state index < -0.39 is 103 Å². The number of nitrogens with two attached hydrogens (primary N) is 1. The van der Waals surface area contributed by atoms with Crippen LogP contribution in [0.3, 0.4) is 0 Å². The van der Waals surface area contributed by atoms with Gasteiger partial charge in [0.25, 0.3) is 11.8 Å². The van der Waals surface area contributed by atoms with E-state index in [-0.39, 0.29) is 39.8 Å². The SMILES string of the molecule is CC1(C)OB(B2OC(C)(C)C(C)(C)O2)OC1(C)C.C[C@H](NC(=O)c1ncc(B2OC(C)(C)C(C)(C)O2)cc1F)c1ccc(-n2cc(F)cn2)nc1.C[C@H](NC(=O)c1ncc(Br)cc1F)c1ccc(-n2cc(F)cn2)nc1.O=C(O)c1ncc(Br)cc1F.[CH2+][C@H](N)c1ccc(-n2cc(F)cn2)nc1. The average molecular weight is 1540 g/mol. The lowest BCUT2D eigenvalue weighted by Gasteiger charge is -2.32. The molecular weight excluding hydrogens is 1470 g/mol. The first-order chi connectivity index (χ1) is 47.6. The highest BCUT2D eigenvalue weighted by molar-refractivity contribution is 9.10. The second-order valence-corrected chi connectivity index (χ2v) is 28.2. The molecule has 12 rings (SSSR count). The molecule has 102 heavy (non-hydrogen) atoms. The van der Waals surface area contributed by atoms with Crippen molar-refractivity contribution in [3.8, 4) is 17.5 Å². The van der Waals surface area contributed by atoms with Crippen LogP contribution in [0.5, 0.6) is 0 Å². The summed E-state index contributed by atoms with van der Waals surface area (Å²) in [5.74, 6) is -4.92. The lowest BCUT2D eigenvalue weighted by atomic mass is 9.49. The molecule has 9 aromatic heterocycles. The lowest BCUT2D eigenvalue weighted by Crippen LogP contribution is -2.41. The number of carboxylic acid groups (broad SMARTS) is 1. The van der Waals surface area contributed by atoms with Crippen molar-refractivity contribution in [2.75, 3.05) is 0 Å². The number of hydrogen-bond donors (Lipinski definition) is 4. The predicted octanol–water partition coefficient (Wildman–Crippen LogP) is 11.1. The van der Waals surface area contributed by atoms with Crippen LogP contribution in [-0.2, 0) is 27.9 Å². The highest BCUT2D eigenvalue weighted by Crippen LogP contribution is 2.43. The smallest absolute Gasteiger partial charge is 0.476 e. The zero-order chi connectivity index (χ0) is 75.2. The van der Waals surface area contributed by atoms with E-state index in [2.05, 4.69) is 94.6 Å². The predicted molar refractivity (Wildman–Crippen MR) is 371 cm³/mol. The van der Waals surface area contributed by atoms with Crippen molar-refractivity contribution in [1.82, 2.24) is 69.9 Å². The summed E-state index contributed by atoms with van der Waals surface area (Å²) in [4.78, 5) is 58.6. The minimum absolute atomic E-state index is 0.286. The molecule has 0 aliphatic carbocycles. The molecule has 0 unspecified atom stereocenters. The Hall–Kier alpha value is -8.74. The number of carboxylic acids is 1. The second kappa shape index (κ2) is 31.9. The van der Waals surface area contributed by atoms with Gasteiger partial charge in [-0.25, -0.2) is 75.1 Å². The highest BCUT2D eigenvalue weighted by atomic mass is 79.9. The molecular formula is C66H73B3Br2F6N15O10+. The van der Waals surface area contributed by atoms with Crippen molar-refractivity contribution in [2.24, 2.45) is 5.73 Å². The minimum atomic E-state index is -1.37. The molecule has 36 heteroatoms. The second-order valence-electron chi connectivity index (χ2n) is 26.4. The van der Waals surface area contributed by atoms with Crippen LogP contribution in [0, 0.1) is 41.8 Å². The molecule has 9 aromatic rings. The molecule has 5 N–H and O–H groups in total. The highest BCUT2D eigenvalue weighted by Gasteiger charge is 2.64. The summed E-state index contributed by atoms with van der Waals surface area (Å²) in [5, 5.41) is 25.2. The molecule has 0 spiro atoms. The summed E-state index contributed by atoms with van der Waals surface area (Å²) < 4.78 is 120. The quantitative estimate of drug-likeness (QED) is 0.0473. The lowest BCUT2D eigenvalue weighted by molar-refractivity contribution is 0.00578. The largest absolute Gasteiger partial charge is 0.496 e. The Kier molecular flexibility index (Phi) is 24.7. The fourth-order valence-electron chi connectivity index (χ4n) is 9.19. The molecule has 3 aliphatic rings. The number of aromatic carboxylic acids is 1. The molecule has 3 aliphatic heterocycles. The number of hydrogen-bond acceptors (Lipinski definition) is 19. The maximum absolute atomic E-state index is 14.7. The Bertz CT molecular complexity index is 4340. The summed E-state index contributed by atoms with van der Waals surface area (Å²) >= 11 is 6.04. The number of halogens is 8. The monoisotopic (exact) mass is 1540 g/mol. The normalized spacial score (nSPS) is 17.2. The van der Waals surface area contributed by atoms with Gasteiger partial charge in [0.15, 0.2) is 75.5 Å². The van der Waals surface area contributed by atoms with Crippen molar-refractivity contribution < 1.29 is 73.8 Å². The topological polar surface area (TPSA) is 308 Å². The van der Waals surface area contributed by atoms with Gasteiger partial charge in [0.05, 0.1) is 89.8 Å². The van der Waals surface area contributed by atoms with E-state index in [0.717, 1.165) is 30.2 Å². The van der Waals surface area contributed by atoms with Gasteiger partial charge >= 0.3 is 27.1 Å². The summed E-state index contributed by atoms with van der Waals surface area (Å²) in [6, 6.07) is 12.5. The van der Waals surface area contributed by atoms with Crippen LogP contribution >= 0.6 is 31.9 Å². The standard InChI is InChI=1S/C22H24BF2N5O3.C16H12BrF2N5O.C12H24B2O4.C10H10FN4.C6H3BrFNO2/c1-13(14-6-7-18(26-9-14)30-12-16(24)11-28-30)29-20(31)19-17(25)8-15(10-27-19)23-32-21(2,3)22(4,5)33-23;1-9(23-16(25)15-13(19)4-11(17)6-21-15)10-2-3-14(20-5-10)24-8-12(18)7-22-24;1-9(2)10(3,4)16-13(15-9)14-17-11(5,6)12(7,8)18-14;1-7(12)8-2-3-10(13-4-8)15-6-9(11)5-14-15;7-3-1-4(8)5(6(10)11)9-2-3/h6-13H,1-5H3,(H,29,31);2-9H,1H3,(H,23,25);1-8H3;2-7H,1,12H2;1-2H,(H,10,11)/q;;;+1;/t13-;9-;;7-;/m00.0./s1. The molecule has 25 nitrogen and oxygen atoms in total. The van der Waals surface area contributed by atoms with E-state index in [0.29, 0.717) is 43.0 Å². The summed E-state index contributed by atoms with van der Waals surface area (Å²) in [7, 11) is -1.73. The van der Waals surface area contributed by atoms with Crippen molar-refractivity contribution >= 4 is 76.2 Å². The average Bonchev–Trinajstić information content (AvgIpc) is 1.60. The third-order valence-electron chi connectivity index (χ3n) is 17.2. The van der Waals surface area contributed by atoms with Crippen molar-refractivity contribution in [3.05, 3.63) is 214 Å². The molecule has 0 aromatic carbocycles. The zero-order valence-corrected chi connectivity index (χ0v) is 61.1. The number of carbonyl (C=O) groups excluding carboxylic acids is 2. The van der Waals surface area contributed by atoms with Crippen LogP contribution in [0.4, 0.5) is 26.3 Å². The first-order valence-electron chi connectivity index (χ1n) is 31.3. The number of pyridine rings is 6. The van der Waals surface area contributed by atoms with Crippen LogP contribution in [0.15, 0.2) is 138 Å². The number of amides is 2. The molecule has 3 atom stereocenters. The van der Waals surface area contributed by atoms with Gasteiger partial charge < -0.3 is 43.7 Å². The molecule has 0 radical (unpaired) electrons. The van der Waals surface area contributed by atoms with Gasteiger partial charge in [-0.2, -0.15) is 15.3 Å². The molecule has 0 bridgehead atoms. The first-order valence-corrected chi connectivity index (χ1v) is 32.9. The van der Waals surface area contributed by atoms with E-state index in [4.69, 9.17) is 38.8 Å². The van der Waals surface area contributed by atoms with Crippen molar-refractivity contribution in [3.63, 3.8) is 0 Å². The third-order valence-corrected chi connectivity index (χ3v) is 18.1. The molecule has 2 amide bonds. The summed E-state index contributed by atoms with van der Waals surface area (Å²) in [6.07, 6.45) is 15.6. The molecule has 536 valence electrons. The van der Waals surface area contributed by atoms with Gasteiger partial charge in [-0.15, -0.1) is 0 Å². The Morgan fingerprint density at radius 2 is 0.784 bits per heavy atom. The van der Waals surface area contributed by atoms with Gasteiger partial charge in [0, 0.05) is 57.2 Å². The van der Waals surface area contributed by atoms with Gasteiger partial charge in [0.1, 0.15) is 0 Å². The Morgan fingerprint density at radius 3 is 1.07 bits per heavy atom. The Labute approximate surface area is 602 Å². The number of carbonyl (C=O) groups is 3. The fraction of sp³-hybridized carbons (Fsp3) is 0.348. The van der Waals surface area contributed by atoms with E-state index in [1.54, 1.807) is 56.4 Å². The number of rotatable bonds is 13. The van der Waals surface area contributed by atoms with Gasteiger partial charge in [0.2, 0.25) is 0 Å². The van der Waals surface area contributed by atoms with E-state index in [1.807, 2.05) is 83.1 Å². The minimum Gasteiger partial charge on any atom is -0.476 e. The van der Waals surface area contributed by atoms with Crippen LogP contribution in [0.25, 0.3) is 17.5 Å². The fourth-order valence-corrected chi connectivity index (χ4v) is 9.79. The molecule has 3 fully saturated rings. The van der Waals surface area contributed by atoms with Gasteiger partial charge in [-0.05, 0) is 182 Å². The van der Waals surface area contributed by atoms with Crippen LogP contribution in [0.2, 0.25) is 0 Å². The summed E-state index contributed by atoms with van der Waals surface area (Å²) in [5.41, 5.74) is 4.39. The van der Waals surface area contributed by atoms with Crippen molar-refractivity contribution in [1.29, 1.82) is 0 Å². The van der Waals surface area contributed by atoms with Crippen LogP contribution in [0.1, 0.15) is 163 Å². The van der Waals surface area contributed by atoms with Gasteiger partial charge in [-0.1, -0.05) is 12.1 Å². The Balaban J connectivity index is 0.000000170. The first kappa shape index (κ1) is 79.0. The zero-order valence-electron chi connectivity index (χ0n) is 57.9. The maximum atomic E-state index is 14.7. The number of aromatic nitrogens is 12. The van der Waals surface area contributed by atoms with Crippen molar-refractivity contribution in [2.45, 2.75) is 149 Å². The Morgan fingerprint density at radius 1 is 0.471 bits per heavy atom. The number of nitrogens with zero attached hydrogens (tertiary/aromatic N) is 12. The van der Waals surface area contributed by atoms with E-state index in [1.165, 1.54) is 75.8 Å². The van der Waals surface area contributed by atoms with Crippen LogP contribution < -0.4 is 21.8 Å². The van der Waals surface area contributed by atoms with E-state index in [9.17, 15) is 40.7 Å². The molecule has 0 saturated carbocycles. The number of nitrogens with one attached hydrogen (secondary N) is 2. The summed E-state index contributed by atoms with van der Waals surface area (Å²) in [6.45, 7) is 30.9. The third kappa shape index (κ3) is 19.3. The van der Waals surface area contributed by atoms with Gasteiger partial charge in [-0.3, -0.25) is 15.3 Å². The van der Waals surface area contributed by atoms with E-state index >= 15 is 0 Å². The molecule has 3 saturated heterocycles. The van der Waals surface area contributed by atoms with Crippen LogP contribution in [-0.4, -0.2) is 137 Å². The maximum Gasteiger partial charge on any atom is 0.496 e. The molecule has 12 heterocycles.